The monoisotopic (exact) mass is 421 g/mol. The second kappa shape index (κ2) is 19.6. The van der Waals surface area contributed by atoms with Gasteiger partial charge in [-0.3, -0.25) is 0 Å². The van der Waals surface area contributed by atoms with Crippen molar-refractivity contribution in [3.8, 4) is 0 Å². The van der Waals surface area contributed by atoms with Gasteiger partial charge in [-0.2, -0.15) is 0 Å². The normalized spacial score (nSPS) is 17.1. The highest BCUT2D eigenvalue weighted by molar-refractivity contribution is 4.75. The molecule has 0 aromatic rings. The van der Waals surface area contributed by atoms with E-state index in [2.05, 4.69) is 32.6 Å². The van der Waals surface area contributed by atoms with Crippen LogP contribution in [0.2, 0.25) is 0 Å². The minimum atomic E-state index is 0.957. The third-order valence-corrected chi connectivity index (χ3v) is 7.77. The summed E-state index contributed by atoms with van der Waals surface area (Å²) >= 11 is 0. The van der Waals surface area contributed by atoms with Crippen molar-refractivity contribution in [2.75, 3.05) is 19.6 Å². The van der Waals surface area contributed by atoms with E-state index in [0.717, 1.165) is 17.8 Å². The molecular formula is C29H59N. The molecule has 1 rings (SSSR count). The van der Waals surface area contributed by atoms with Crippen molar-refractivity contribution in [3.63, 3.8) is 0 Å². The van der Waals surface area contributed by atoms with Crippen molar-refractivity contribution in [1.29, 1.82) is 0 Å². The summed E-state index contributed by atoms with van der Waals surface area (Å²) in [5.41, 5.74) is 0. The fourth-order valence-electron chi connectivity index (χ4n) is 5.49. The highest BCUT2D eigenvalue weighted by Gasteiger charge is 2.21. The Balaban J connectivity index is 2.19. The molecule has 1 unspecified atom stereocenters. The molecule has 0 aromatic carbocycles. The topological polar surface area (TPSA) is 3.24 Å². The molecular weight excluding hydrogens is 362 g/mol. The first-order valence-corrected chi connectivity index (χ1v) is 14.4. The lowest BCUT2D eigenvalue weighted by molar-refractivity contribution is 0.146. The van der Waals surface area contributed by atoms with E-state index in [-0.39, 0.29) is 0 Å². The van der Waals surface area contributed by atoms with Crippen molar-refractivity contribution in [1.82, 2.24) is 4.90 Å². The zero-order valence-electron chi connectivity index (χ0n) is 21.7. The second-order valence-corrected chi connectivity index (χ2v) is 10.8. The zero-order valence-corrected chi connectivity index (χ0v) is 21.7. The summed E-state index contributed by atoms with van der Waals surface area (Å²) in [7, 11) is 0. The Kier molecular flexibility index (Phi) is 18.3. The van der Waals surface area contributed by atoms with Crippen LogP contribution in [0.4, 0.5) is 0 Å². The molecule has 1 aliphatic rings. The van der Waals surface area contributed by atoms with Gasteiger partial charge in [-0.1, -0.05) is 124 Å². The SMILES string of the molecule is CCCCCCC(CCCCCC)CN1CCC(CCCCC(C)CCCC)CC1. The summed E-state index contributed by atoms with van der Waals surface area (Å²) in [6, 6.07) is 0. The van der Waals surface area contributed by atoms with E-state index >= 15 is 0 Å². The van der Waals surface area contributed by atoms with Gasteiger partial charge in [0.25, 0.3) is 0 Å². The zero-order chi connectivity index (χ0) is 21.9. The summed E-state index contributed by atoms with van der Waals surface area (Å²) in [6.45, 7) is 13.6. The molecule has 1 atom stereocenters. The Labute approximate surface area is 192 Å². The van der Waals surface area contributed by atoms with Crippen LogP contribution in [0.15, 0.2) is 0 Å². The van der Waals surface area contributed by atoms with Crippen LogP contribution in [-0.4, -0.2) is 24.5 Å². The standard InChI is InChI=1S/C29H59N/c1-5-8-11-13-20-29(21-14-12-9-6-2)26-30-24-22-28(23-25-30)19-16-15-18-27(4)17-10-7-3/h27-29H,5-26H2,1-4H3. The van der Waals surface area contributed by atoms with E-state index in [1.54, 1.807) is 0 Å². The Hall–Kier alpha value is -0.0400. The van der Waals surface area contributed by atoms with Crippen LogP contribution in [0, 0.1) is 17.8 Å². The molecule has 0 bridgehead atoms. The largest absolute Gasteiger partial charge is 0.303 e. The Bertz CT molecular complexity index is 332. The highest BCUT2D eigenvalue weighted by atomic mass is 15.1. The van der Waals surface area contributed by atoms with Gasteiger partial charge in [0.2, 0.25) is 0 Å². The highest BCUT2D eigenvalue weighted by Crippen LogP contribution is 2.27. The van der Waals surface area contributed by atoms with E-state index < -0.39 is 0 Å². The van der Waals surface area contributed by atoms with Gasteiger partial charge in [0.05, 0.1) is 0 Å². The molecule has 180 valence electrons. The average Bonchev–Trinajstić information content (AvgIpc) is 2.76. The molecule has 0 radical (unpaired) electrons. The lowest BCUT2D eigenvalue weighted by Crippen LogP contribution is -2.37. The van der Waals surface area contributed by atoms with Gasteiger partial charge in [0.1, 0.15) is 0 Å². The molecule has 0 spiro atoms. The average molecular weight is 422 g/mol. The number of hydrogen-bond donors (Lipinski definition) is 0. The van der Waals surface area contributed by atoms with Crippen molar-refractivity contribution < 1.29 is 0 Å². The second-order valence-electron chi connectivity index (χ2n) is 10.8. The minimum absolute atomic E-state index is 0.957. The van der Waals surface area contributed by atoms with Gasteiger partial charge in [0, 0.05) is 6.54 Å². The van der Waals surface area contributed by atoms with E-state index in [1.807, 2.05) is 0 Å². The number of rotatable bonds is 20. The van der Waals surface area contributed by atoms with Crippen LogP contribution in [0.3, 0.4) is 0 Å². The maximum atomic E-state index is 2.84. The summed E-state index contributed by atoms with van der Waals surface area (Å²) in [5, 5.41) is 0. The first kappa shape index (κ1) is 28.0. The molecule has 0 aromatic heterocycles. The van der Waals surface area contributed by atoms with E-state index in [9.17, 15) is 0 Å². The van der Waals surface area contributed by atoms with Crippen LogP contribution in [0.1, 0.15) is 150 Å². The Morgan fingerprint density at radius 3 is 1.73 bits per heavy atom. The number of unbranched alkanes of at least 4 members (excludes halogenated alkanes) is 8. The number of likely N-dealkylation sites (tertiary alicyclic amines) is 1. The lowest BCUT2D eigenvalue weighted by Gasteiger charge is -2.34. The molecule has 1 saturated heterocycles. The predicted molar refractivity (Wildman–Crippen MR) is 137 cm³/mol. The molecule has 0 aliphatic carbocycles. The fraction of sp³-hybridized carbons (Fsp3) is 1.00. The van der Waals surface area contributed by atoms with Gasteiger partial charge in [-0.15, -0.1) is 0 Å². The van der Waals surface area contributed by atoms with E-state index in [4.69, 9.17) is 0 Å². The lowest BCUT2D eigenvalue weighted by atomic mass is 9.88. The van der Waals surface area contributed by atoms with Gasteiger partial charge < -0.3 is 4.90 Å². The summed E-state index contributed by atoms with van der Waals surface area (Å²) in [6.07, 6.45) is 27.6. The van der Waals surface area contributed by atoms with E-state index in [0.29, 0.717) is 0 Å². The quantitative estimate of drug-likeness (QED) is 0.177. The predicted octanol–water partition coefficient (Wildman–Crippen LogP) is 9.64. The number of piperidine rings is 1. The minimum Gasteiger partial charge on any atom is -0.303 e. The van der Waals surface area contributed by atoms with Crippen molar-refractivity contribution in [2.24, 2.45) is 17.8 Å². The third-order valence-electron chi connectivity index (χ3n) is 7.77. The molecule has 1 heterocycles. The first-order chi connectivity index (χ1) is 14.7. The maximum absolute atomic E-state index is 2.84. The molecule has 1 nitrogen and oxygen atoms in total. The van der Waals surface area contributed by atoms with Crippen LogP contribution in [-0.2, 0) is 0 Å². The maximum Gasteiger partial charge on any atom is 0.000966 e. The fourth-order valence-corrected chi connectivity index (χ4v) is 5.49. The number of hydrogen-bond acceptors (Lipinski definition) is 1. The molecule has 0 amide bonds. The molecule has 1 heteroatoms. The summed E-state index contributed by atoms with van der Waals surface area (Å²) in [5.74, 6) is 2.96. The van der Waals surface area contributed by atoms with Crippen LogP contribution >= 0.6 is 0 Å². The summed E-state index contributed by atoms with van der Waals surface area (Å²) < 4.78 is 0. The van der Waals surface area contributed by atoms with Gasteiger partial charge in [0.15, 0.2) is 0 Å². The number of nitrogens with zero attached hydrogens (tertiary/aromatic N) is 1. The molecule has 0 N–H and O–H groups in total. The third kappa shape index (κ3) is 14.9. The molecule has 0 saturated carbocycles. The van der Waals surface area contributed by atoms with Gasteiger partial charge in [-0.05, 0) is 56.5 Å². The van der Waals surface area contributed by atoms with Crippen LogP contribution in [0.5, 0.6) is 0 Å². The molecule has 1 aliphatic heterocycles. The molecule has 30 heavy (non-hydrogen) atoms. The first-order valence-electron chi connectivity index (χ1n) is 14.4. The van der Waals surface area contributed by atoms with Crippen LogP contribution < -0.4 is 0 Å². The Morgan fingerprint density at radius 1 is 0.633 bits per heavy atom. The van der Waals surface area contributed by atoms with Gasteiger partial charge in [-0.25, -0.2) is 0 Å². The van der Waals surface area contributed by atoms with E-state index in [1.165, 1.54) is 142 Å². The van der Waals surface area contributed by atoms with Gasteiger partial charge >= 0.3 is 0 Å². The van der Waals surface area contributed by atoms with Crippen molar-refractivity contribution in [3.05, 3.63) is 0 Å². The Morgan fingerprint density at radius 2 is 1.17 bits per heavy atom. The summed E-state index contributed by atoms with van der Waals surface area (Å²) in [4.78, 5) is 2.84. The van der Waals surface area contributed by atoms with Crippen LogP contribution in [0.25, 0.3) is 0 Å². The smallest absolute Gasteiger partial charge is 0.000966 e. The van der Waals surface area contributed by atoms with Crippen molar-refractivity contribution >= 4 is 0 Å². The van der Waals surface area contributed by atoms with Crippen molar-refractivity contribution in [2.45, 2.75) is 150 Å². The molecule has 1 fully saturated rings.